The van der Waals surface area contributed by atoms with Crippen molar-refractivity contribution in [3.05, 3.63) is 194 Å². The number of rotatable bonds is 4. The highest BCUT2D eigenvalue weighted by molar-refractivity contribution is 6.22. The van der Waals surface area contributed by atoms with Crippen molar-refractivity contribution in [2.45, 2.75) is 0 Å². The molecule has 242 valence electrons. The maximum atomic E-state index is 2.41. The van der Waals surface area contributed by atoms with Gasteiger partial charge in [-0.05, 0) is 104 Å². The fraction of sp³-hybridized carbons (Fsp3) is 0. The molecule has 0 spiro atoms. The third-order valence-corrected chi connectivity index (χ3v) is 10.9. The lowest BCUT2D eigenvalue weighted by Crippen LogP contribution is -1.93. The summed E-state index contributed by atoms with van der Waals surface area (Å²) in [6.45, 7) is 0. The molecule has 0 saturated heterocycles. The lowest BCUT2D eigenvalue weighted by atomic mass is 9.91. The second kappa shape index (κ2) is 11.3. The topological polar surface area (TPSA) is 9.86 Å². The predicted octanol–water partition coefficient (Wildman–Crippen LogP) is 13.5. The fourth-order valence-electron chi connectivity index (χ4n) is 8.61. The Morgan fingerprint density at radius 2 is 0.731 bits per heavy atom. The lowest BCUT2D eigenvalue weighted by molar-refractivity contribution is 1.18. The molecule has 0 fully saturated rings. The number of nitrogens with zero attached hydrogens (tertiary/aromatic N) is 2. The summed E-state index contributed by atoms with van der Waals surface area (Å²) in [7, 11) is 0. The van der Waals surface area contributed by atoms with Gasteiger partial charge in [0.15, 0.2) is 0 Å². The molecule has 0 aliphatic rings. The summed E-state index contributed by atoms with van der Waals surface area (Å²) < 4.78 is 4.79. The van der Waals surface area contributed by atoms with Crippen LogP contribution in [0, 0.1) is 0 Å². The SMILES string of the molecule is c1ccc(-n2c3ccccc3c3cc(-c4ccc(-c5ccc6c(c5)c5c7ccccc7ccc5n6-c5ccccc5)c5ccccc45)ccc32)cc1. The maximum absolute atomic E-state index is 2.41. The van der Waals surface area contributed by atoms with Gasteiger partial charge in [0.25, 0.3) is 0 Å². The van der Waals surface area contributed by atoms with Crippen molar-refractivity contribution in [3.63, 3.8) is 0 Å². The van der Waals surface area contributed by atoms with Gasteiger partial charge >= 0.3 is 0 Å². The Balaban J connectivity index is 1.12. The second-order valence-corrected chi connectivity index (χ2v) is 13.7. The normalized spacial score (nSPS) is 11.8. The zero-order valence-electron chi connectivity index (χ0n) is 28.4. The zero-order valence-corrected chi connectivity index (χ0v) is 28.4. The Kier molecular flexibility index (Phi) is 6.28. The molecule has 2 heteroatoms. The minimum absolute atomic E-state index is 1.17. The number of hydrogen-bond acceptors (Lipinski definition) is 0. The standard InChI is InChI=1S/C50H32N2/c1-3-14-36(15-4-1)51-46-22-12-11-21-43(46)44-31-34(24-28-47(44)51)38-26-27-39(42-20-10-9-19-41(38)42)35-25-29-48-45(32-35)50-40-18-8-7-13-33(40)23-30-49(50)52(48)37-16-5-2-6-17-37/h1-32H. The first-order valence-electron chi connectivity index (χ1n) is 17.9. The smallest absolute Gasteiger partial charge is 0.0547 e. The van der Waals surface area contributed by atoms with Crippen molar-refractivity contribution in [3.8, 4) is 33.6 Å². The van der Waals surface area contributed by atoms with Gasteiger partial charge in [-0.25, -0.2) is 0 Å². The summed E-state index contributed by atoms with van der Waals surface area (Å²) in [6, 6.07) is 70.9. The minimum atomic E-state index is 1.17. The lowest BCUT2D eigenvalue weighted by Gasteiger charge is -2.13. The quantitative estimate of drug-likeness (QED) is 0.178. The van der Waals surface area contributed by atoms with Gasteiger partial charge in [-0.3, -0.25) is 0 Å². The van der Waals surface area contributed by atoms with Crippen LogP contribution >= 0.6 is 0 Å². The van der Waals surface area contributed by atoms with Gasteiger partial charge in [-0.1, -0.05) is 133 Å². The van der Waals surface area contributed by atoms with Gasteiger partial charge in [0.2, 0.25) is 0 Å². The molecule has 0 aliphatic carbocycles. The van der Waals surface area contributed by atoms with Crippen LogP contribution in [0.25, 0.3) is 98.8 Å². The molecule has 0 radical (unpaired) electrons. The van der Waals surface area contributed by atoms with Crippen molar-refractivity contribution in [2.24, 2.45) is 0 Å². The molecule has 52 heavy (non-hydrogen) atoms. The van der Waals surface area contributed by atoms with Crippen molar-refractivity contribution in [1.82, 2.24) is 9.13 Å². The van der Waals surface area contributed by atoms with Gasteiger partial charge in [0, 0.05) is 32.9 Å². The number of fused-ring (bicyclic) bond motifs is 9. The third-order valence-electron chi connectivity index (χ3n) is 10.9. The van der Waals surface area contributed by atoms with E-state index in [1.54, 1.807) is 0 Å². The molecule has 0 aliphatic heterocycles. The van der Waals surface area contributed by atoms with Crippen LogP contribution in [0.3, 0.4) is 0 Å². The molecule has 0 N–H and O–H groups in total. The van der Waals surface area contributed by atoms with E-state index < -0.39 is 0 Å². The molecule has 0 amide bonds. The Labute approximate surface area is 301 Å². The highest BCUT2D eigenvalue weighted by atomic mass is 15.0. The third kappa shape index (κ3) is 4.25. The molecule has 2 heterocycles. The van der Waals surface area contributed by atoms with Crippen LogP contribution in [0.4, 0.5) is 0 Å². The average molecular weight is 661 g/mol. The van der Waals surface area contributed by atoms with E-state index in [4.69, 9.17) is 0 Å². The molecular formula is C50H32N2. The Morgan fingerprint density at radius 3 is 1.38 bits per heavy atom. The molecule has 11 rings (SSSR count). The summed E-state index contributed by atoms with van der Waals surface area (Å²) in [5, 5.41) is 10.1. The van der Waals surface area contributed by atoms with E-state index >= 15 is 0 Å². The summed E-state index contributed by atoms with van der Waals surface area (Å²) in [4.78, 5) is 0. The van der Waals surface area contributed by atoms with Crippen LogP contribution in [-0.2, 0) is 0 Å². The number of benzene rings is 9. The average Bonchev–Trinajstić information content (AvgIpc) is 3.73. The highest BCUT2D eigenvalue weighted by Crippen LogP contribution is 2.42. The van der Waals surface area contributed by atoms with E-state index in [1.165, 1.54) is 98.8 Å². The van der Waals surface area contributed by atoms with Gasteiger partial charge in [0.1, 0.15) is 0 Å². The van der Waals surface area contributed by atoms with Crippen LogP contribution in [-0.4, -0.2) is 9.13 Å². The Bertz CT molecular complexity index is 3160. The molecule has 2 nitrogen and oxygen atoms in total. The van der Waals surface area contributed by atoms with Crippen molar-refractivity contribution < 1.29 is 0 Å². The van der Waals surface area contributed by atoms with Crippen LogP contribution < -0.4 is 0 Å². The van der Waals surface area contributed by atoms with Gasteiger partial charge in [-0.2, -0.15) is 0 Å². The van der Waals surface area contributed by atoms with Crippen molar-refractivity contribution in [1.29, 1.82) is 0 Å². The van der Waals surface area contributed by atoms with Gasteiger partial charge in [-0.15, -0.1) is 0 Å². The highest BCUT2D eigenvalue weighted by Gasteiger charge is 2.18. The fourth-order valence-corrected chi connectivity index (χ4v) is 8.61. The summed E-state index contributed by atoms with van der Waals surface area (Å²) >= 11 is 0. The molecule has 0 saturated carbocycles. The van der Waals surface area contributed by atoms with Crippen molar-refractivity contribution >= 4 is 65.2 Å². The molecule has 9 aromatic carbocycles. The first kappa shape index (κ1) is 28.9. The molecule has 11 aromatic rings. The van der Waals surface area contributed by atoms with E-state index in [2.05, 4.69) is 203 Å². The molecule has 0 atom stereocenters. The summed E-state index contributed by atoms with van der Waals surface area (Å²) in [5.41, 5.74) is 12.1. The Hall–Kier alpha value is -6.90. The largest absolute Gasteiger partial charge is 0.309 e. The molecule has 0 unspecified atom stereocenters. The Morgan fingerprint density at radius 1 is 0.269 bits per heavy atom. The predicted molar refractivity (Wildman–Crippen MR) is 221 cm³/mol. The van der Waals surface area contributed by atoms with E-state index in [0.29, 0.717) is 0 Å². The first-order chi connectivity index (χ1) is 25.8. The van der Waals surface area contributed by atoms with Crippen LogP contribution in [0.1, 0.15) is 0 Å². The van der Waals surface area contributed by atoms with E-state index in [0.717, 1.165) is 0 Å². The van der Waals surface area contributed by atoms with Crippen molar-refractivity contribution in [2.75, 3.05) is 0 Å². The summed E-state index contributed by atoms with van der Waals surface area (Å²) in [5.74, 6) is 0. The van der Waals surface area contributed by atoms with Gasteiger partial charge < -0.3 is 9.13 Å². The number of hydrogen-bond donors (Lipinski definition) is 0. The number of aromatic nitrogens is 2. The van der Waals surface area contributed by atoms with Crippen LogP contribution in [0.2, 0.25) is 0 Å². The number of para-hydroxylation sites is 3. The van der Waals surface area contributed by atoms with Crippen LogP contribution in [0.15, 0.2) is 194 Å². The summed E-state index contributed by atoms with van der Waals surface area (Å²) in [6.07, 6.45) is 0. The van der Waals surface area contributed by atoms with E-state index in [9.17, 15) is 0 Å². The van der Waals surface area contributed by atoms with Crippen LogP contribution in [0.5, 0.6) is 0 Å². The molecular weight excluding hydrogens is 629 g/mol. The van der Waals surface area contributed by atoms with E-state index in [-0.39, 0.29) is 0 Å². The monoisotopic (exact) mass is 660 g/mol. The van der Waals surface area contributed by atoms with Gasteiger partial charge in [0.05, 0.1) is 22.1 Å². The molecule has 2 aromatic heterocycles. The zero-order chi connectivity index (χ0) is 34.2. The second-order valence-electron chi connectivity index (χ2n) is 13.7. The minimum Gasteiger partial charge on any atom is -0.309 e. The molecule has 0 bridgehead atoms. The first-order valence-corrected chi connectivity index (χ1v) is 17.9. The maximum Gasteiger partial charge on any atom is 0.0547 e. The van der Waals surface area contributed by atoms with E-state index in [1.807, 2.05) is 0 Å².